The van der Waals surface area contributed by atoms with Crippen LogP contribution in [0.5, 0.6) is 0 Å². The lowest BCUT2D eigenvalue weighted by molar-refractivity contribution is -0.139. The van der Waals surface area contributed by atoms with Gasteiger partial charge in [-0.25, -0.2) is 4.79 Å². The van der Waals surface area contributed by atoms with Crippen LogP contribution in [-0.4, -0.2) is 65.3 Å². The number of benzene rings is 2. The Morgan fingerprint density at radius 1 is 1.06 bits per heavy atom. The predicted molar refractivity (Wildman–Crippen MR) is 119 cm³/mol. The number of carbonyl (C=O) groups is 2. The first-order valence-corrected chi connectivity index (χ1v) is 11.0. The number of carbonyl (C=O) groups excluding carboxylic acids is 2. The zero-order valence-corrected chi connectivity index (χ0v) is 18.4. The molecule has 31 heavy (non-hydrogen) atoms. The standard InChI is InChI=1S/C23H26ClN5O2/c1-15-12-27(18-10-6-9-17(24)11-18)22-25-20-19(28(22)13-15)21(30)29(23(31)26(20)2)14-16-7-4-3-5-8-16/h3-11,15,19-20,22,25H,12-14H2,1-2H3. The van der Waals surface area contributed by atoms with Gasteiger partial charge in [-0.1, -0.05) is 54.9 Å². The molecule has 1 N–H and O–H groups in total. The van der Waals surface area contributed by atoms with Gasteiger partial charge in [0.05, 0.1) is 6.54 Å². The number of amides is 3. The molecule has 3 fully saturated rings. The summed E-state index contributed by atoms with van der Waals surface area (Å²) < 4.78 is 0. The zero-order valence-electron chi connectivity index (χ0n) is 17.6. The number of nitrogens with one attached hydrogen (secondary N) is 1. The smallest absolute Gasteiger partial charge is 0.328 e. The van der Waals surface area contributed by atoms with Gasteiger partial charge < -0.3 is 9.80 Å². The molecule has 8 heteroatoms. The third-order valence-electron chi connectivity index (χ3n) is 6.41. The maximum Gasteiger partial charge on any atom is 0.328 e. The summed E-state index contributed by atoms with van der Waals surface area (Å²) >= 11 is 6.25. The molecule has 3 saturated heterocycles. The second kappa shape index (κ2) is 7.82. The van der Waals surface area contributed by atoms with Gasteiger partial charge in [0.2, 0.25) is 0 Å². The van der Waals surface area contributed by atoms with Crippen molar-refractivity contribution >= 4 is 29.2 Å². The quantitative estimate of drug-likeness (QED) is 0.797. The summed E-state index contributed by atoms with van der Waals surface area (Å²) in [6.45, 7) is 4.08. The minimum Gasteiger partial charge on any atom is -0.343 e. The highest BCUT2D eigenvalue weighted by molar-refractivity contribution is 6.30. The molecule has 3 amide bonds. The Hall–Kier alpha value is -2.61. The second-order valence-electron chi connectivity index (χ2n) is 8.67. The molecule has 162 valence electrons. The van der Waals surface area contributed by atoms with Crippen molar-refractivity contribution in [1.29, 1.82) is 0 Å². The van der Waals surface area contributed by atoms with Crippen LogP contribution in [0, 0.1) is 5.92 Å². The van der Waals surface area contributed by atoms with Crippen LogP contribution in [0.3, 0.4) is 0 Å². The first-order valence-electron chi connectivity index (χ1n) is 10.6. The fourth-order valence-electron chi connectivity index (χ4n) is 4.99. The van der Waals surface area contributed by atoms with E-state index in [4.69, 9.17) is 11.6 Å². The van der Waals surface area contributed by atoms with Crippen LogP contribution in [0.2, 0.25) is 5.02 Å². The number of likely N-dealkylation sites (N-methyl/N-ethyl adjacent to an activating group) is 1. The molecule has 7 nitrogen and oxygen atoms in total. The monoisotopic (exact) mass is 439 g/mol. The average Bonchev–Trinajstić information content (AvgIpc) is 3.15. The molecule has 0 bridgehead atoms. The van der Waals surface area contributed by atoms with Crippen LogP contribution in [-0.2, 0) is 11.3 Å². The first kappa shape index (κ1) is 20.3. The summed E-state index contributed by atoms with van der Waals surface area (Å²) in [5.74, 6) is 0.209. The third-order valence-corrected chi connectivity index (χ3v) is 6.64. The van der Waals surface area contributed by atoms with Crippen molar-refractivity contribution in [3.05, 3.63) is 65.2 Å². The number of imide groups is 1. The van der Waals surface area contributed by atoms with E-state index in [0.29, 0.717) is 10.9 Å². The predicted octanol–water partition coefficient (Wildman–Crippen LogP) is 2.77. The van der Waals surface area contributed by atoms with E-state index in [2.05, 4.69) is 22.0 Å². The average molecular weight is 440 g/mol. The van der Waals surface area contributed by atoms with E-state index < -0.39 is 6.04 Å². The second-order valence-corrected chi connectivity index (χ2v) is 9.10. The Bertz CT molecular complexity index is 1000. The Morgan fingerprint density at radius 3 is 2.58 bits per heavy atom. The molecule has 0 aliphatic carbocycles. The van der Waals surface area contributed by atoms with Gasteiger partial charge in [0.15, 0.2) is 0 Å². The van der Waals surface area contributed by atoms with Gasteiger partial charge in [0.1, 0.15) is 18.5 Å². The molecule has 3 aliphatic rings. The molecule has 2 aromatic carbocycles. The summed E-state index contributed by atoms with van der Waals surface area (Å²) in [5.41, 5.74) is 1.94. The number of fused-ring (bicyclic) bond motifs is 3. The number of urea groups is 1. The van der Waals surface area contributed by atoms with E-state index in [-0.39, 0.29) is 30.9 Å². The maximum absolute atomic E-state index is 13.6. The molecule has 4 atom stereocenters. The minimum absolute atomic E-state index is 0.146. The van der Waals surface area contributed by atoms with Crippen molar-refractivity contribution in [1.82, 2.24) is 20.0 Å². The van der Waals surface area contributed by atoms with Gasteiger partial charge in [-0.15, -0.1) is 0 Å². The molecule has 0 saturated carbocycles. The van der Waals surface area contributed by atoms with Crippen molar-refractivity contribution in [2.24, 2.45) is 5.92 Å². The molecule has 0 spiro atoms. The van der Waals surface area contributed by atoms with E-state index in [9.17, 15) is 9.59 Å². The van der Waals surface area contributed by atoms with Crippen molar-refractivity contribution in [3.63, 3.8) is 0 Å². The number of rotatable bonds is 3. The summed E-state index contributed by atoms with van der Waals surface area (Å²) in [5, 5.41) is 4.22. The van der Waals surface area contributed by atoms with E-state index in [1.807, 2.05) is 54.6 Å². The number of hydrogen-bond acceptors (Lipinski definition) is 5. The van der Waals surface area contributed by atoms with Crippen molar-refractivity contribution in [3.8, 4) is 0 Å². The lowest BCUT2D eigenvalue weighted by Crippen LogP contribution is -2.66. The van der Waals surface area contributed by atoms with E-state index in [1.54, 1.807) is 11.9 Å². The normalized spacial score (nSPS) is 28.7. The highest BCUT2D eigenvalue weighted by Gasteiger charge is 2.56. The fourth-order valence-corrected chi connectivity index (χ4v) is 5.17. The van der Waals surface area contributed by atoms with Gasteiger partial charge >= 0.3 is 6.03 Å². The Labute approximate surface area is 187 Å². The lowest BCUT2D eigenvalue weighted by atomic mass is 10.0. The number of halogens is 1. The van der Waals surface area contributed by atoms with Crippen molar-refractivity contribution < 1.29 is 9.59 Å². The van der Waals surface area contributed by atoms with Crippen LogP contribution in [0.4, 0.5) is 10.5 Å². The van der Waals surface area contributed by atoms with Gasteiger partial charge in [-0.05, 0) is 29.7 Å². The molecule has 3 heterocycles. The topological polar surface area (TPSA) is 59.1 Å². The summed E-state index contributed by atoms with van der Waals surface area (Å²) in [6, 6.07) is 16.7. The van der Waals surface area contributed by atoms with Crippen molar-refractivity contribution in [2.75, 3.05) is 25.0 Å². The van der Waals surface area contributed by atoms with Gasteiger partial charge in [0.25, 0.3) is 5.91 Å². The minimum atomic E-state index is -0.430. The maximum atomic E-state index is 13.6. The first-order chi connectivity index (χ1) is 14.9. The number of hydrogen-bond donors (Lipinski definition) is 1. The Morgan fingerprint density at radius 2 is 1.84 bits per heavy atom. The summed E-state index contributed by atoms with van der Waals surface area (Å²) in [7, 11) is 1.77. The van der Waals surface area contributed by atoms with E-state index in [0.717, 1.165) is 24.3 Å². The van der Waals surface area contributed by atoms with Crippen LogP contribution in [0.15, 0.2) is 54.6 Å². The third kappa shape index (κ3) is 3.46. The van der Waals surface area contributed by atoms with E-state index in [1.165, 1.54) is 4.90 Å². The molecule has 0 aromatic heterocycles. The van der Waals surface area contributed by atoms with Gasteiger partial charge in [-0.3, -0.25) is 19.9 Å². The van der Waals surface area contributed by atoms with Crippen molar-refractivity contribution in [2.45, 2.75) is 32.0 Å². The van der Waals surface area contributed by atoms with Crippen LogP contribution < -0.4 is 10.2 Å². The molecule has 2 aromatic rings. The molecule has 4 unspecified atom stereocenters. The van der Waals surface area contributed by atoms with E-state index >= 15 is 0 Å². The molecule has 3 aliphatic heterocycles. The largest absolute Gasteiger partial charge is 0.343 e. The Kier molecular flexibility index (Phi) is 5.12. The summed E-state index contributed by atoms with van der Waals surface area (Å²) in [4.78, 5) is 34.2. The number of anilines is 1. The summed E-state index contributed by atoms with van der Waals surface area (Å²) in [6.07, 6.45) is -0.551. The lowest BCUT2D eigenvalue weighted by Gasteiger charge is -2.46. The highest BCUT2D eigenvalue weighted by atomic mass is 35.5. The molecular weight excluding hydrogens is 414 g/mol. The number of nitrogens with zero attached hydrogens (tertiary/aromatic N) is 4. The van der Waals surface area contributed by atoms with Crippen LogP contribution in [0.1, 0.15) is 12.5 Å². The molecular formula is C23H26ClN5O2. The Balaban J connectivity index is 1.47. The van der Waals surface area contributed by atoms with Crippen LogP contribution >= 0.6 is 11.6 Å². The van der Waals surface area contributed by atoms with Gasteiger partial charge in [-0.2, -0.15) is 0 Å². The molecule has 5 rings (SSSR count). The van der Waals surface area contributed by atoms with Crippen LogP contribution in [0.25, 0.3) is 0 Å². The SMILES string of the molecule is CC1CN(c2cccc(Cl)c2)C2NC3C(C(=O)N(Cc4ccccc4)C(=O)N3C)N2C1. The highest BCUT2D eigenvalue weighted by Crippen LogP contribution is 2.35. The molecule has 0 radical (unpaired) electrons. The zero-order chi connectivity index (χ0) is 21.7. The van der Waals surface area contributed by atoms with Gasteiger partial charge in [0, 0.05) is 30.8 Å². The fraction of sp³-hybridized carbons (Fsp3) is 0.391.